The van der Waals surface area contributed by atoms with Gasteiger partial charge >= 0.3 is 0 Å². The summed E-state index contributed by atoms with van der Waals surface area (Å²) in [7, 11) is 0. The van der Waals surface area contributed by atoms with E-state index in [1.807, 2.05) is 21.7 Å². The largest absolute Gasteiger partial charge is 0.470 e. The number of fused-ring (bicyclic) bond motifs is 1. The highest BCUT2D eigenvalue weighted by molar-refractivity contribution is 5.76. The molecule has 0 spiro atoms. The summed E-state index contributed by atoms with van der Waals surface area (Å²) in [4.78, 5) is 18.6. The summed E-state index contributed by atoms with van der Waals surface area (Å²) in [5, 5.41) is 13.2. The Balaban J connectivity index is 1.51. The van der Waals surface area contributed by atoms with Crippen LogP contribution in [-0.2, 0) is 17.9 Å². The van der Waals surface area contributed by atoms with Gasteiger partial charge in [0.05, 0.1) is 30.9 Å². The molecular weight excluding hydrogens is 318 g/mol. The van der Waals surface area contributed by atoms with E-state index in [0.717, 1.165) is 18.5 Å². The van der Waals surface area contributed by atoms with E-state index < -0.39 is 0 Å². The molecule has 0 bridgehead atoms. The van der Waals surface area contributed by atoms with Gasteiger partial charge < -0.3 is 9.64 Å². The molecule has 7 heteroatoms. The van der Waals surface area contributed by atoms with Gasteiger partial charge in [-0.2, -0.15) is 10.4 Å². The molecule has 3 heterocycles. The van der Waals surface area contributed by atoms with Crippen molar-refractivity contribution < 1.29 is 9.53 Å². The number of aromatic nitrogens is 3. The average Bonchev–Trinajstić information content (AvgIpc) is 3.36. The van der Waals surface area contributed by atoms with Crippen molar-refractivity contribution in [2.75, 3.05) is 6.54 Å². The van der Waals surface area contributed by atoms with Crippen LogP contribution in [0.1, 0.15) is 30.5 Å². The third-order valence-electron chi connectivity index (χ3n) is 4.62. The number of carbonyl (C=O) groups is 1. The van der Waals surface area contributed by atoms with Crippen molar-refractivity contribution in [2.45, 2.75) is 38.5 Å². The van der Waals surface area contributed by atoms with Crippen LogP contribution in [0.25, 0.3) is 0 Å². The maximum atomic E-state index is 12.6. The predicted octanol–water partition coefficient (Wildman–Crippen LogP) is 1.74. The normalized spacial score (nSPS) is 19.6. The van der Waals surface area contributed by atoms with Crippen LogP contribution in [0.15, 0.2) is 30.6 Å². The molecule has 0 radical (unpaired) electrons. The van der Waals surface area contributed by atoms with Crippen molar-refractivity contribution >= 4 is 5.91 Å². The van der Waals surface area contributed by atoms with Crippen molar-refractivity contribution in [3.05, 3.63) is 41.9 Å². The topological polar surface area (TPSA) is 84.0 Å². The molecule has 1 fully saturated rings. The molecule has 2 aliphatic rings. The fourth-order valence-corrected chi connectivity index (χ4v) is 3.06. The van der Waals surface area contributed by atoms with E-state index in [1.165, 1.54) is 6.20 Å². The highest BCUT2D eigenvalue weighted by Crippen LogP contribution is 2.33. The molecule has 0 N–H and O–H groups in total. The summed E-state index contributed by atoms with van der Waals surface area (Å²) in [5.74, 6) is 1.19. The Labute approximate surface area is 145 Å². The molecule has 2 aromatic rings. The van der Waals surface area contributed by atoms with Gasteiger partial charge in [0.15, 0.2) is 0 Å². The number of nitrogens with zero attached hydrogens (tertiary/aromatic N) is 5. The summed E-state index contributed by atoms with van der Waals surface area (Å²) in [5.41, 5.74) is 1.51. The minimum atomic E-state index is -0.232. The minimum Gasteiger partial charge on any atom is -0.470 e. The molecule has 1 atom stereocenters. The lowest BCUT2D eigenvalue weighted by Crippen LogP contribution is -2.38. The van der Waals surface area contributed by atoms with Gasteiger partial charge in [0.1, 0.15) is 12.2 Å². The lowest BCUT2D eigenvalue weighted by atomic mass is 10.2. The number of hydrogen-bond acceptors (Lipinski definition) is 5. The second-order valence-corrected chi connectivity index (χ2v) is 6.66. The number of nitriles is 1. The van der Waals surface area contributed by atoms with E-state index in [-0.39, 0.29) is 12.0 Å². The summed E-state index contributed by atoms with van der Waals surface area (Å²) < 4.78 is 7.87. The summed E-state index contributed by atoms with van der Waals surface area (Å²) in [6.45, 7) is 1.64. The summed E-state index contributed by atoms with van der Waals surface area (Å²) >= 11 is 0. The van der Waals surface area contributed by atoms with Gasteiger partial charge in [-0.15, -0.1) is 0 Å². The molecule has 1 aliphatic carbocycles. The number of amides is 1. The summed E-state index contributed by atoms with van der Waals surface area (Å²) in [6.07, 6.45) is 5.95. The maximum absolute atomic E-state index is 12.6. The van der Waals surface area contributed by atoms with Gasteiger partial charge in [-0.05, 0) is 30.9 Å². The number of hydrogen-bond donors (Lipinski definition) is 0. The fraction of sp³-hybridized carbons (Fsp3) is 0.444. The van der Waals surface area contributed by atoms with Crippen LogP contribution in [0, 0.1) is 17.2 Å². The third-order valence-corrected chi connectivity index (χ3v) is 4.62. The van der Waals surface area contributed by atoms with Crippen LogP contribution in [0.2, 0.25) is 0 Å². The Hall–Kier alpha value is -2.88. The first-order chi connectivity index (χ1) is 12.2. The zero-order chi connectivity index (χ0) is 17.2. The van der Waals surface area contributed by atoms with Crippen molar-refractivity contribution in [3.8, 4) is 11.9 Å². The quantitative estimate of drug-likeness (QED) is 0.848. The summed E-state index contributed by atoms with van der Waals surface area (Å²) in [6, 6.07) is 7.34. The van der Waals surface area contributed by atoms with Gasteiger partial charge in [0.25, 0.3) is 0 Å². The predicted molar refractivity (Wildman–Crippen MR) is 88.4 cm³/mol. The van der Waals surface area contributed by atoms with E-state index >= 15 is 0 Å². The fourth-order valence-electron chi connectivity index (χ4n) is 3.06. The third kappa shape index (κ3) is 3.63. The molecule has 128 valence electrons. The lowest BCUT2D eigenvalue weighted by Gasteiger charge is -2.24. The molecule has 1 aliphatic heterocycles. The zero-order valence-corrected chi connectivity index (χ0v) is 13.8. The van der Waals surface area contributed by atoms with E-state index in [1.54, 1.807) is 18.3 Å². The zero-order valence-electron chi connectivity index (χ0n) is 13.8. The van der Waals surface area contributed by atoms with Gasteiger partial charge in [0.2, 0.25) is 11.8 Å². The highest BCUT2D eigenvalue weighted by Gasteiger charge is 2.31. The smallest absolute Gasteiger partial charge is 0.223 e. The van der Waals surface area contributed by atoms with E-state index in [0.29, 0.717) is 43.4 Å². The molecular formula is C18H19N5O2. The highest BCUT2D eigenvalue weighted by atomic mass is 16.5. The maximum Gasteiger partial charge on any atom is 0.223 e. The Morgan fingerprint density at radius 1 is 1.32 bits per heavy atom. The van der Waals surface area contributed by atoms with Crippen molar-refractivity contribution in [1.82, 2.24) is 19.7 Å². The molecule has 4 rings (SSSR count). The van der Waals surface area contributed by atoms with Gasteiger partial charge in [0, 0.05) is 24.9 Å². The van der Waals surface area contributed by atoms with Crippen molar-refractivity contribution in [2.24, 2.45) is 5.92 Å². The van der Waals surface area contributed by atoms with E-state index in [2.05, 4.69) is 10.1 Å². The van der Waals surface area contributed by atoms with Crippen molar-refractivity contribution in [3.63, 3.8) is 0 Å². The second kappa shape index (κ2) is 6.55. The number of rotatable bonds is 4. The molecule has 0 unspecified atom stereocenters. The molecule has 0 saturated heterocycles. The average molecular weight is 337 g/mol. The Morgan fingerprint density at radius 2 is 2.20 bits per heavy atom. The first-order valence-electron chi connectivity index (χ1n) is 8.52. The van der Waals surface area contributed by atoms with E-state index in [4.69, 9.17) is 10.00 Å². The molecule has 0 aromatic carbocycles. The molecule has 25 heavy (non-hydrogen) atoms. The number of carbonyl (C=O) groups excluding carboxylic acids is 1. The van der Waals surface area contributed by atoms with Crippen LogP contribution in [0.4, 0.5) is 0 Å². The standard InChI is InChI=1S/C18H19N5O2/c19-8-14-3-4-17(20-9-14)25-16-11-22(18(24)7-13-1-2-13)10-15-5-6-21-23(15)12-16/h3-6,9,13,16H,1-2,7,10-12H2/t16-/m1/s1. The first-order valence-corrected chi connectivity index (χ1v) is 8.52. The Morgan fingerprint density at radius 3 is 2.92 bits per heavy atom. The molecule has 2 aromatic heterocycles. The van der Waals surface area contributed by atoms with Crippen LogP contribution in [0.5, 0.6) is 5.88 Å². The van der Waals surface area contributed by atoms with Crippen LogP contribution in [-0.4, -0.2) is 38.2 Å². The van der Waals surface area contributed by atoms with Gasteiger partial charge in [-0.25, -0.2) is 4.98 Å². The van der Waals surface area contributed by atoms with Crippen LogP contribution in [0.3, 0.4) is 0 Å². The number of pyridine rings is 1. The molecule has 1 amide bonds. The Bertz CT molecular complexity index is 804. The molecule has 1 saturated carbocycles. The Kier molecular flexibility index (Phi) is 4.10. The lowest BCUT2D eigenvalue weighted by molar-refractivity contribution is -0.133. The molecule has 7 nitrogen and oxygen atoms in total. The second-order valence-electron chi connectivity index (χ2n) is 6.66. The number of ether oxygens (including phenoxy) is 1. The van der Waals surface area contributed by atoms with Gasteiger partial charge in [-0.3, -0.25) is 9.48 Å². The van der Waals surface area contributed by atoms with Crippen LogP contribution < -0.4 is 4.74 Å². The van der Waals surface area contributed by atoms with Crippen molar-refractivity contribution in [1.29, 1.82) is 5.26 Å². The van der Waals surface area contributed by atoms with Gasteiger partial charge in [-0.1, -0.05) is 0 Å². The minimum absolute atomic E-state index is 0.179. The van der Waals surface area contributed by atoms with E-state index in [9.17, 15) is 4.79 Å². The monoisotopic (exact) mass is 337 g/mol. The van der Waals surface area contributed by atoms with Crippen LogP contribution >= 0.6 is 0 Å². The SMILES string of the molecule is N#Cc1ccc(O[C@@H]2CN(C(=O)CC3CC3)Cc3ccnn3C2)nc1. The first kappa shape index (κ1) is 15.6.